The Morgan fingerprint density at radius 2 is 1.82 bits per heavy atom. The molecule has 0 radical (unpaired) electrons. The van der Waals surface area contributed by atoms with Crippen LogP contribution in [-0.2, 0) is 4.79 Å². The smallest absolute Gasteiger partial charge is 0.234 e. The molecule has 1 aliphatic heterocycles. The molecule has 2 atom stereocenters. The topological polar surface area (TPSA) is 72.7 Å². The van der Waals surface area contributed by atoms with E-state index in [1.807, 2.05) is 67.6 Å². The van der Waals surface area contributed by atoms with Gasteiger partial charge in [0.05, 0.1) is 24.9 Å². The summed E-state index contributed by atoms with van der Waals surface area (Å²) in [6.45, 7) is 2.34. The Morgan fingerprint density at radius 1 is 1.00 bits per heavy atom. The minimum atomic E-state index is -0.192. The molecule has 28 heavy (non-hydrogen) atoms. The Morgan fingerprint density at radius 3 is 2.61 bits per heavy atom. The van der Waals surface area contributed by atoms with Gasteiger partial charge in [0, 0.05) is 0 Å². The number of furan rings is 1. The Kier molecular flexibility index (Phi) is 5.30. The molecule has 2 N–H and O–H groups in total. The second kappa shape index (κ2) is 8.19. The molecular weight excluding hydrogens is 356 g/mol. The zero-order chi connectivity index (χ0) is 19.3. The predicted octanol–water partition coefficient (Wildman–Crippen LogP) is 3.56. The molecule has 2 heterocycles. The molecule has 6 heteroatoms. The first-order valence-electron chi connectivity index (χ1n) is 9.21. The number of amides is 1. The standard InChI is InChI=1S/C22H22N2O4/c1-15(17-9-10-18-20(12-17)28-14-27-18)24-21(25)13-23-22(19-8-5-11-26-19)16-6-3-2-4-7-16/h2-12,15,22-23H,13-14H2,1H3,(H,24,25)/t15-,22+/m1/s1. The van der Waals surface area contributed by atoms with Crippen molar-refractivity contribution in [3.05, 3.63) is 83.8 Å². The number of carbonyl (C=O) groups excluding carboxylic acids is 1. The van der Waals surface area contributed by atoms with Crippen molar-refractivity contribution >= 4 is 5.91 Å². The second-order valence-corrected chi connectivity index (χ2v) is 6.64. The molecule has 3 aromatic rings. The van der Waals surface area contributed by atoms with Crippen LogP contribution in [0.2, 0.25) is 0 Å². The molecule has 1 amide bonds. The predicted molar refractivity (Wildman–Crippen MR) is 104 cm³/mol. The second-order valence-electron chi connectivity index (χ2n) is 6.64. The van der Waals surface area contributed by atoms with Crippen LogP contribution < -0.4 is 20.1 Å². The van der Waals surface area contributed by atoms with Crippen molar-refractivity contribution in [3.63, 3.8) is 0 Å². The highest BCUT2D eigenvalue weighted by molar-refractivity contribution is 5.78. The molecule has 0 aliphatic carbocycles. The SMILES string of the molecule is C[C@@H](NC(=O)CN[C@@H](c1ccccc1)c1ccco1)c1ccc2c(c1)OCO2. The lowest BCUT2D eigenvalue weighted by atomic mass is 10.0. The van der Waals surface area contributed by atoms with Gasteiger partial charge in [-0.05, 0) is 42.3 Å². The van der Waals surface area contributed by atoms with E-state index in [0.29, 0.717) is 5.75 Å². The summed E-state index contributed by atoms with van der Waals surface area (Å²) in [4.78, 5) is 12.5. The number of hydrogen-bond acceptors (Lipinski definition) is 5. The normalized spacial score (nSPS) is 14.5. The van der Waals surface area contributed by atoms with Crippen molar-refractivity contribution in [2.75, 3.05) is 13.3 Å². The average molecular weight is 378 g/mol. The fourth-order valence-corrected chi connectivity index (χ4v) is 3.24. The van der Waals surface area contributed by atoms with Crippen molar-refractivity contribution in [1.29, 1.82) is 0 Å². The number of nitrogens with one attached hydrogen (secondary N) is 2. The highest BCUT2D eigenvalue weighted by Gasteiger charge is 2.19. The van der Waals surface area contributed by atoms with Gasteiger partial charge >= 0.3 is 0 Å². The van der Waals surface area contributed by atoms with E-state index in [2.05, 4.69) is 10.6 Å². The Labute approximate surface area is 163 Å². The largest absolute Gasteiger partial charge is 0.467 e. The molecule has 1 aromatic heterocycles. The van der Waals surface area contributed by atoms with Gasteiger partial charge in [0.2, 0.25) is 12.7 Å². The maximum atomic E-state index is 12.5. The molecule has 2 aromatic carbocycles. The van der Waals surface area contributed by atoms with E-state index in [9.17, 15) is 4.79 Å². The lowest BCUT2D eigenvalue weighted by Crippen LogP contribution is -2.37. The minimum Gasteiger partial charge on any atom is -0.467 e. The highest BCUT2D eigenvalue weighted by Crippen LogP contribution is 2.34. The summed E-state index contributed by atoms with van der Waals surface area (Å²) >= 11 is 0. The van der Waals surface area contributed by atoms with Crippen molar-refractivity contribution < 1.29 is 18.7 Å². The Balaban J connectivity index is 1.38. The fraction of sp³-hybridized carbons (Fsp3) is 0.227. The van der Waals surface area contributed by atoms with Crippen LogP contribution >= 0.6 is 0 Å². The van der Waals surface area contributed by atoms with Gasteiger partial charge in [-0.3, -0.25) is 10.1 Å². The molecule has 144 valence electrons. The molecule has 0 saturated carbocycles. The van der Waals surface area contributed by atoms with Gasteiger partial charge in [-0.1, -0.05) is 36.4 Å². The van der Waals surface area contributed by atoms with Gasteiger partial charge in [-0.15, -0.1) is 0 Å². The van der Waals surface area contributed by atoms with Crippen LogP contribution in [0.15, 0.2) is 71.3 Å². The summed E-state index contributed by atoms with van der Waals surface area (Å²) < 4.78 is 16.3. The van der Waals surface area contributed by atoms with Crippen molar-refractivity contribution in [1.82, 2.24) is 10.6 Å². The van der Waals surface area contributed by atoms with E-state index in [1.165, 1.54) is 0 Å². The number of ether oxygens (including phenoxy) is 2. The fourth-order valence-electron chi connectivity index (χ4n) is 3.24. The van der Waals surface area contributed by atoms with Gasteiger partial charge in [-0.2, -0.15) is 0 Å². The van der Waals surface area contributed by atoms with Gasteiger partial charge < -0.3 is 19.2 Å². The van der Waals surface area contributed by atoms with Crippen LogP contribution in [0.5, 0.6) is 11.5 Å². The Bertz CT molecular complexity index is 925. The van der Waals surface area contributed by atoms with Crippen molar-refractivity contribution in [2.24, 2.45) is 0 Å². The third kappa shape index (κ3) is 4.02. The number of hydrogen-bond donors (Lipinski definition) is 2. The molecule has 0 bridgehead atoms. The molecule has 0 unspecified atom stereocenters. The number of benzene rings is 2. The average Bonchev–Trinajstić information content (AvgIpc) is 3.40. The first kappa shape index (κ1) is 18.1. The minimum absolute atomic E-state index is 0.0994. The third-order valence-corrected chi connectivity index (χ3v) is 4.70. The zero-order valence-electron chi connectivity index (χ0n) is 15.6. The molecule has 4 rings (SSSR count). The van der Waals surface area contributed by atoms with Gasteiger partial charge in [0.1, 0.15) is 5.76 Å². The molecule has 0 saturated heterocycles. The van der Waals surface area contributed by atoms with Crippen LogP contribution in [0.25, 0.3) is 0 Å². The lowest BCUT2D eigenvalue weighted by molar-refractivity contribution is -0.121. The zero-order valence-corrected chi connectivity index (χ0v) is 15.6. The maximum Gasteiger partial charge on any atom is 0.234 e. The number of carbonyl (C=O) groups is 1. The summed E-state index contributed by atoms with van der Waals surface area (Å²) in [5.41, 5.74) is 2.00. The number of rotatable bonds is 7. The van der Waals surface area contributed by atoms with Crippen LogP contribution in [0.4, 0.5) is 0 Å². The summed E-state index contributed by atoms with van der Waals surface area (Å²) in [5, 5.41) is 6.30. The van der Waals surface area contributed by atoms with Gasteiger partial charge in [-0.25, -0.2) is 0 Å². The quantitative estimate of drug-likeness (QED) is 0.658. The van der Waals surface area contributed by atoms with Crippen molar-refractivity contribution in [2.45, 2.75) is 19.0 Å². The number of fused-ring (bicyclic) bond motifs is 1. The van der Waals surface area contributed by atoms with Gasteiger partial charge in [0.25, 0.3) is 0 Å². The lowest BCUT2D eigenvalue weighted by Gasteiger charge is -2.19. The molecule has 0 spiro atoms. The molecule has 6 nitrogen and oxygen atoms in total. The molecule has 0 fully saturated rings. The third-order valence-electron chi connectivity index (χ3n) is 4.70. The van der Waals surface area contributed by atoms with Crippen molar-refractivity contribution in [3.8, 4) is 11.5 Å². The van der Waals surface area contributed by atoms with E-state index in [0.717, 1.165) is 22.6 Å². The van der Waals surface area contributed by atoms with E-state index < -0.39 is 0 Å². The van der Waals surface area contributed by atoms with Crippen LogP contribution in [-0.4, -0.2) is 19.2 Å². The van der Waals surface area contributed by atoms with Crippen LogP contribution in [0.1, 0.15) is 35.9 Å². The summed E-state index contributed by atoms with van der Waals surface area (Å²) in [5.74, 6) is 2.10. The van der Waals surface area contributed by atoms with Crippen LogP contribution in [0, 0.1) is 0 Å². The van der Waals surface area contributed by atoms with E-state index in [-0.39, 0.29) is 31.3 Å². The van der Waals surface area contributed by atoms with Gasteiger partial charge in [0.15, 0.2) is 11.5 Å². The maximum absolute atomic E-state index is 12.5. The first-order chi connectivity index (χ1) is 13.7. The summed E-state index contributed by atoms with van der Waals surface area (Å²) in [6.07, 6.45) is 1.63. The monoisotopic (exact) mass is 378 g/mol. The molecule has 1 aliphatic rings. The summed E-state index contributed by atoms with van der Waals surface area (Å²) in [7, 11) is 0. The van der Waals surface area contributed by atoms with E-state index >= 15 is 0 Å². The highest BCUT2D eigenvalue weighted by atomic mass is 16.7. The Hall–Kier alpha value is -3.25. The van der Waals surface area contributed by atoms with Crippen LogP contribution in [0.3, 0.4) is 0 Å². The molecular formula is C22H22N2O4. The van der Waals surface area contributed by atoms with E-state index in [4.69, 9.17) is 13.9 Å². The first-order valence-corrected chi connectivity index (χ1v) is 9.21. The summed E-state index contributed by atoms with van der Waals surface area (Å²) in [6, 6.07) is 19.0. The van der Waals surface area contributed by atoms with E-state index in [1.54, 1.807) is 6.26 Å².